The highest BCUT2D eigenvalue weighted by Crippen LogP contribution is 2.31. The molecule has 0 atom stereocenters. The Morgan fingerprint density at radius 2 is 1.80 bits per heavy atom. The van der Waals surface area contributed by atoms with Gasteiger partial charge in [0.15, 0.2) is 11.5 Å². The van der Waals surface area contributed by atoms with E-state index in [1.165, 1.54) is 19.3 Å². The summed E-state index contributed by atoms with van der Waals surface area (Å²) in [7, 11) is 2.19. The SMILES string of the molecule is C[N+]1(CC(=O)c2ccc3c(c2)OCCO3)CCCCC1. The van der Waals surface area contributed by atoms with E-state index >= 15 is 0 Å². The summed E-state index contributed by atoms with van der Waals surface area (Å²) in [6.45, 7) is 3.93. The first-order chi connectivity index (χ1) is 9.66. The fourth-order valence-corrected chi connectivity index (χ4v) is 3.09. The molecule has 108 valence electrons. The highest BCUT2D eigenvalue weighted by Gasteiger charge is 2.28. The Labute approximate surface area is 119 Å². The first-order valence-electron chi connectivity index (χ1n) is 7.43. The summed E-state index contributed by atoms with van der Waals surface area (Å²) in [6, 6.07) is 5.52. The first-order valence-corrected chi connectivity index (χ1v) is 7.43. The number of hydrogen-bond acceptors (Lipinski definition) is 3. The normalized spacial score (nSPS) is 20.4. The van der Waals surface area contributed by atoms with Gasteiger partial charge in [-0.2, -0.15) is 0 Å². The van der Waals surface area contributed by atoms with Crippen molar-refractivity contribution >= 4 is 5.78 Å². The van der Waals surface area contributed by atoms with Crippen LogP contribution >= 0.6 is 0 Å². The summed E-state index contributed by atoms with van der Waals surface area (Å²) in [5.74, 6) is 1.64. The van der Waals surface area contributed by atoms with Gasteiger partial charge in [0.1, 0.15) is 19.8 Å². The van der Waals surface area contributed by atoms with Crippen LogP contribution in [-0.4, -0.2) is 50.2 Å². The van der Waals surface area contributed by atoms with Crippen molar-refractivity contribution in [2.45, 2.75) is 19.3 Å². The third-order valence-electron chi connectivity index (χ3n) is 4.29. The number of quaternary nitrogens is 1. The standard InChI is InChI=1S/C16H22NO3/c1-17(7-3-2-4-8-17)12-14(18)13-5-6-15-16(11-13)20-10-9-19-15/h5-6,11H,2-4,7-10,12H2,1H3/q+1. The molecule has 1 fully saturated rings. The number of carbonyl (C=O) groups excluding carboxylic acids is 1. The number of likely N-dealkylation sites (N-methyl/N-ethyl adjacent to an activating group) is 1. The molecule has 0 saturated carbocycles. The van der Waals surface area contributed by atoms with E-state index in [4.69, 9.17) is 9.47 Å². The van der Waals surface area contributed by atoms with Crippen molar-refractivity contribution in [3.05, 3.63) is 23.8 Å². The largest absolute Gasteiger partial charge is 0.486 e. The number of Topliss-reactive ketones (excluding diaryl/α,β-unsaturated/α-hetero) is 1. The van der Waals surface area contributed by atoms with Crippen molar-refractivity contribution < 1.29 is 18.8 Å². The van der Waals surface area contributed by atoms with Crippen LogP contribution in [0, 0.1) is 0 Å². The molecule has 0 N–H and O–H groups in total. The minimum Gasteiger partial charge on any atom is -0.486 e. The molecule has 0 aliphatic carbocycles. The number of benzene rings is 1. The summed E-state index contributed by atoms with van der Waals surface area (Å²) in [5.41, 5.74) is 0.735. The Kier molecular flexibility index (Phi) is 3.66. The van der Waals surface area contributed by atoms with E-state index in [0.29, 0.717) is 25.5 Å². The van der Waals surface area contributed by atoms with Gasteiger partial charge in [-0.3, -0.25) is 4.79 Å². The number of carbonyl (C=O) groups is 1. The van der Waals surface area contributed by atoms with Crippen molar-refractivity contribution in [3.8, 4) is 11.5 Å². The molecule has 2 aliphatic heterocycles. The molecule has 2 aliphatic rings. The molecule has 0 spiro atoms. The fourth-order valence-electron chi connectivity index (χ4n) is 3.09. The van der Waals surface area contributed by atoms with Crippen LogP contribution in [-0.2, 0) is 0 Å². The molecule has 4 nitrogen and oxygen atoms in total. The van der Waals surface area contributed by atoms with Gasteiger partial charge in [0, 0.05) is 5.56 Å². The van der Waals surface area contributed by atoms with Crippen molar-refractivity contribution in [2.24, 2.45) is 0 Å². The molecule has 1 saturated heterocycles. The second-order valence-corrected chi connectivity index (χ2v) is 6.07. The summed E-state index contributed by atoms with van der Waals surface area (Å²) in [4.78, 5) is 12.5. The van der Waals surface area contributed by atoms with Crippen molar-refractivity contribution in [1.82, 2.24) is 0 Å². The Hall–Kier alpha value is -1.55. The number of nitrogens with zero attached hydrogens (tertiary/aromatic N) is 1. The molecule has 0 aromatic heterocycles. The lowest BCUT2D eigenvalue weighted by Crippen LogP contribution is -2.50. The van der Waals surface area contributed by atoms with Gasteiger partial charge in [-0.05, 0) is 37.5 Å². The quantitative estimate of drug-likeness (QED) is 0.627. The number of fused-ring (bicyclic) bond motifs is 1. The summed E-state index contributed by atoms with van der Waals surface area (Å²) in [5, 5.41) is 0. The van der Waals surface area contributed by atoms with Gasteiger partial charge < -0.3 is 14.0 Å². The van der Waals surface area contributed by atoms with Crippen LogP contribution in [0.3, 0.4) is 0 Å². The average molecular weight is 276 g/mol. The van der Waals surface area contributed by atoms with Crippen LogP contribution in [0.4, 0.5) is 0 Å². The molecular formula is C16H22NO3+. The lowest BCUT2D eigenvalue weighted by molar-refractivity contribution is -0.906. The van der Waals surface area contributed by atoms with E-state index in [2.05, 4.69) is 7.05 Å². The minimum atomic E-state index is 0.200. The number of rotatable bonds is 3. The summed E-state index contributed by atoms with van der Waals surface area (Å²) < 4.78 is 11.9. The zero-order chi connectivity index (χ0) is 14.0. The Bertz CT molecular complexity index is 506. The Balaban J connectivity index is 1.73. The summed E-state index contributed by atoms with van der Waals surface area (Å²) >= 11 is 0. The Morgan fingerprint density at radius 3 is 2.55 bits per heavy atom. The molecule has 0 amide bonds. The fraction of sp³-hybridized carbons (Fsp3) is 0.562. The van der Waals surface area contributed by atoms with E-state index in [1.54, 1.807) is 0 Å². The lowest BCUT2D eigenvalue weighted by Gasteiger charge is -2.37. The molecule has 2 heterocycles. The number of likely N-dealkylation sites (tertiary alicyclic amines) is 1. The third-order valence-corrected chi connectivity index (χ3v) is 4.29. The predicted molar refractivity (Wildman–Crippen MR) is 76.4 cm³/mol. The van der Waals surface area contributed by atoms with Crippen LogP contribution in [0.25, 0.3) is 0 Å². The van der Waals surface area contributed by atoms with E-state index in [9.17, 15) is 4.79 Å². The lowest BCUT2D eigenvalue weighted by atomic mass is 10.0. The highest BCUT2D eigenvalue weighted by molar-refractivity contribution is 5.97. The molecule has 0 radical (unpaired) electrons. The maximum atomic E-state index is 12.5. The van der Waals surface area contributed by atoms with E-state index in [-0.39, 0.29) is 5.78 Å². The van der Waals surface area contributed by atoms with Crippen molar-refractivity contribution in [2.75, 3.05) is 39.9 Å². The zero-order valence-corrected chi connectivity index (χ0v) is 12.1. The van der Waals surface area contributed by atoms with E-state index in [0.717, 1.165) is 28.9 Å². The van der Waals surface area contributed by atoms with E-state index in [1.807, 2.05) is 18.2 Å². The molecule has 4 heteroatoms. The van der Waals surface area contributed by atoms with Crippen LogP contribution in [0.2, 0.25) is 0 Å². The van der Waals surface area contributed by atoms with Gasteiger partial charge in [-0.1, -0.05) is 0 Å². The maximum Gasteiger partial charge on any atom is 0.217 e. The number of ketones is 1. The van der Waals surface area contributed by atoms with Gasteiger partial charge in [0.2, 0.25) is 5.78 Å². The summed E-state index contributed by atoms with van der Waals surface area (Å²) in [6.07, 6.45) is 3.75. The maximum absolute atomic E-state index is 12.5. The molecule has 0 bridgehead atoms. The van der Waals surface area contributed by atoms with Crippen molar-refractivity contribution in [3.63, 3.8) is 0 Å². The van der Waals surface area contributed by atoms with Gasteiger partial charge in [-0.15, -0.1) is 0 Å². The van der Waals surface area contributed by atoms with Crippen LogP contribution in [0.5, 0.6) is 11.5 Å². The number of piperidine rings is 1. The van der Waals surface area contributed by atoms with Crippen LogP contribution in [0.1, 0.15) is 29.6 Å². The second-order valence-electron chi connectivity index (χ2n) is 6.07. The molecule has 3 rings (SSSR count). The monoisotopic (exact) mass is 276 g/mol. The third kappa shape index (κ3) is 2.80. The molecular weight excluding hydrogens is 254 g/mol. The Morgan fingerprint density at radius 1 is 1.10 bits per heavy atom. The second kappa shape index (κ2) is 5.44. The average Bonchev–Trinajstić information content (AvgIpc) is 2.47. The predicted octanol–water partition coefficient (Wildman–Crippen LogP) is 2.27. The minimum absolute atomic E-state index is 0.200. The van der Waals surface area contributed by atoms with Gasteiger partial charge in [0.25, 0.3) is 0 Å². The number of ether oxygens (including phenoxy) is 2. The van der Waals surface area contributed by atoms with Gasteiger partial charge in [-0.25, -0.2) is 0 Å². The van der Waals surface area contributed by atoms with Crippen LogP contribution in [0.15, 0.2) is 18.2 Å². The molecule has 1 aromatic carbocycles. The topological polar surface area (TPSA) is 35.5 Å². The molecule has 20 heavy (non-hydrogen) atoms. The first kappa shape index (κ1) is 13.4. The van der Waals surface area contributed by atoms with E-state index < -0.39 is 0 Å². The van der Waals surface area contributed by atoms with Gasteiger partial charge >= 0.3 is 0 Å². The molecule has 1 aromatic rings. The smallest absolute Gasteiger partial charge is 0.217 e. The van der Waals surface area contributed by atoms with Gasteiger partial charge in [0.05, 0.1) is 20.1 Å². The number of hydrogen-bond donors (Lipinski definition) is 0. The zero-order valence-electron chi connectivity index (χ0n) is 12.1. The molecule has 0 unspecified atom stereocenters. The van der Waals surface area contributed by atoms with Crippen LogP contribution < -0.4 is 9.47 Å². The van der Waals surface area contributed by atoms with Crippen molar-refractivity contribution in [1.29, 1.82) is 0 Å². The highest BCUT2D eigenvalue weighted by atomic mass is 16.6.